The molecule has 3 aliphatic carbocycles. The molecular formula is C51H64N6O10P+. The van der Waals surface area contributed by atoms with E-state index in [-0.39, 0.29) is 35.5 Å². The number of aromatic nitrogens is 6. The number of ether oxygens (including phenoxy) is 6. The Morgan fingerprint density at radius 1 is 0.382 bits per heavy atom. The minimum atomic E-state index is -3.68. The number of rotatable bonds is 18. The third-order valence-electron chi connectivity index (χ3n) is 14.6. The van der Waals surface area contributed by atoms with Gasteiger partial charge in [-0.15, -0.1) is 0 Å². The Balaban J connectivity index is 0.844. The van der Waals surface area contributed by atoms with Gasteiger partial charge in [0.05, 0.1) is 76.3 Å². The second-order valence-corrected chi connectivity index (χ2v) is 20.2. The maximum absolute atomic E-state index is 12.3. The summed E-state index contributed by atoms with van der Waals surface area (Å²) in [5, 5.41) is 2.94. The number of methoxy groups -OCH3 is 6. The van der Waals surface area contributed by atoms with Crippen LogP contribution in [-0.2, 0) is 13.6 Å². The summed E-state index contributed by atoms with van der Waals surface area (Å²) in [6.07, 6.45) is 16.0. The van der Waals surface area contributed by atoms with Crippen LogP contribution in [0.2, 0.25) is 0 Å². The van der Waals surface area contributed by atoms with Crippen LogP contribution in [0.5, 0.6) is 34.5 Å². The Bertz CT molecular complexity index is 2390. The predicted molar refractivity (Wildman–Crippen MR) is 259 cm³/mol. The van der Waals surface area contributed by atoms with Crippen molar-refractivity contribution in [3.05, 3.63) is 72.5 Å². The molecular weight excluding hydrogens is 888 g/mol. The summed E-state index contributed by atoms with van der Waals surface area (Å²) in [6.45, 7) is 1.07. The van der Waals surface area contributed by atoms with Gasteiger partial charge in [-0.05, 0) is 113 Å². The molecule has 17 heteroatoms. The predicted octanol–water partition coefficient (Wildman–Crippen LogP) is 10.5. The summed E-state index contributed by atoms with van der Waals surface area (Å²) in [5.41, 5.74) is 5.57. The molecule has 3 aliphatic rings. The van der Waals surface area contributed by atoms with Crippen LogP contribution in [0.1, 0.15) is 112 Å². The molecule has 0 aliphatic heterocycles. The van der Waals surface area contributed by atoms with Crippen molar-refractivity contribution in [1.29, 1.82) is 0 Å². The van der Waals surface area contributed by atoms with E-state index in [0.29, 0.717) is 54.3 Å². The molecule has 68 heavy (non-hydrogen) atoms. The van der Waals surface area contributed by atoms with E-state index in [1.54, 1.807) is 61.6 Å². The molecule has 0 atom stereocenters. The van der Waals surface area contributed by atoms with Crippen molar-refractivity contribution < 1.29 is 46.9 Å². The number of benzene rings is 3. The van der Waals surface area contributed by atoms with Crippen molar-refractivity contribution in [2.45, 2.75) is 94.8 Å². The van der Waals surface area contributed by atoms with Crippen LogP contribution in [0.15, 0.2) is 55.4 Å². The normalized spacial score (nSPS) is 23.0. The fourth-order valence-electron chi connectivity index (χ4n) is 10.7. The highest BCUT2D eigenvalue weighted by molar-refractivity contribution is 7.55. The van der Waals surface area contributed by atoms with Crippen molar-refractivity contribution in [2.75, 3.05) is 62.5 Å². The van der Waals surface area contributed by atoms with Crippen molar-refractivity contribution in [3.63, 3.8) is 0 Å². The average molecular weight is 952 g/mol. The van der Waals surface area contributed by atoms with E-state index in [0.717, 1.165) is 127 Å². The largest absolute Gasteiger partial charge is 0.572 e. The van der Waals surface area contributed by atoms with Crippen molar-refractivity contribution in [1.82, 2.24) is 29.9 Å². The molecule has 0 radical (unpaired) electrons. The van der Waals surface area contributed by atoms with E-state index in [2.05, 4.69) is 15.0 Å². The highest BCUT2D eigenvalue weighted by Crippen LogP contribution is 2.60. The summed E-state index contributed by atoms with van der Waals surface area (Å²) in [7, 11) is 6.14. The number of hydrogen-bond acceptors (Lipinski definition) is 16. The molecule has 9 rings (SSSR count). The first-order valence-corrected chi connectivity index (χ1v) is 25.4. The maximum atomic E-state index is 12.3. The Hall–Kier alpha value is -5.25. The van der Waals surface area contributed by atoms with Crippen LogP contribution in [0.25, 0.3) is 32.7 Å². The molecule has 3 fully saturated rings. The highest BCUT2D eigenvalue weighted by Gasteiger charge is 2.47. The number of fused-ring (bicyclic) bond motifs is 3. The second-order valence-electron chi connectivity index (χ2n) is 18.5. The van der Waals surface area contributed by atoms with E-state index in [1.807, 2.05) is 36.4 Å². The summed E-state index contributed by atoms with van der Waals surface area (Å²) in [6, 6.07) is 11.7. The van der Waals surface area contributed by atoms with Gasteiger partial charge in [-0.2, -0.15) is 18.5 Å². The Labute approximate surface area is 398 Å². The zero-order valence-corrected chi connectivity index (χ0v) is 40.9. The molecule has 6 aromatic rings. The van der Waals surface area contributed by atoms with Gasteiger partial charge in [0.25, 0.3) is 0 Å². The SMILES string of the molecule is COc1cc2ncnc(C3CCC(CO[P+](O)(OCC4CCC(c5ncnc6cc(OC)c(OC)cc56)CC4)OCC4CCC(c5ncnc6cc(OC)c(OC)cc56)CC4)CC3)c2cc1OC. The molecule has 3 aromatic heterocycles. The summed E-state index contributed by atoms with van der Waals surface area (Å²) in [5.74, 6) is 5.40. The quantitative estimate of drug-likeness (QED) is 0.0803. The van der Waals surface area contributed by atoms with Gasteiger partial charge < -0.3 is 28.4 Å². The Morgan fingerprint density at radius 2 is 0.632 bits per heavy atom. The van der Waals surface area contributed by atoms with Crippen LogP contribution in [0, 0.1) is 17.8 Å². The van der Waals surface area contributed by atoms with Crippen LogP contribution in [0.3, 0.4) is 0 Å². The van der Waals surface area contributed by atoms with Gasteiger partial charge in [0.15, 0.2) is 34.5 Å². The van der Waals surface area contributed by atoms with Crippen molar-refractivity contribution >= 4 is 40.9 Å². The molecule has 1 N–H and O–H groups in total. The average Bonchev–Trinajstić information content (AvgIpc) is 3.40. The lowest BCUT2D eigenvalue weighted by atomic mass is 9.80. The molecule has 0 bridgehead atoms. The molecule has 0 saturated heterocycles. The van der Waals surface area contributed by atoms with Gasteiger partial charge in [-0.3, -0.25) is 0 Å². The van der Waals surface area contributed by atoms with Crippen LogP contribution in [-0.4, -0.2) is 97.3 Å². The van der Waals surface area contributed by atoms with Gasteiger partial charge in [0.2, 0.25) is 0 Å². The lowest BCUT2D eigenvalue weighted by Gasteiger charge is -2.31. The second kappa shape index (κ2) is 21.6. The first-order valence-electron chi connectivity index (χ1n) is 23.9. The fraction of sp³-hybridized carbons (Fsp3) is 0.529. The van der Waals surface area contributed by atoms with Gasteiger partial charge in [0, 0.05) is 52.1 Å². The molecule has 3 saturated carbocycles. The molecule has 362 valence electrons. The van der Waals surface area contributed by atoms with Gasteiger partial charge in [-0.25, -0.2) is 29.9 Å². The van der Waals surface area contributed by atoms with E-state index in [9.17, 15) is 4.89 Å². The standard InChI is InChI=1S/C51H64N6O10P/c1-59-43-19-37-40(22-46(43)62-4)52-28-55-49(37)34-13-7-31(8-14-34)25-65-68(58,66-26-32-9-15-35(16-10-32)50-38-20-44(60-2)47(63-5)23-41(38)53-29-56-50)67-27-33-11-17-36(18-12-33)51-39-21-45(61-3)48(64-6)24-42(39)54-30-57-51/h19-24,28-36,58H,7-18,25-27H2,1-6H3/q+1. The zero-order valence-electron chi connectivity index (χ0n) is 40.0. The minimum Gasteiger partial charge on any atom is -0.493 e. The molecule has 16 nitrogen and oxygen atoms in total. The molecule has 3 heterocycles. The van der Waals surface area contributed by atoms with E-state index < -0.39 is 8.17 Å². The van der Waals surface area contributed by atoms with Gasteiger partial charge in [-0.1, -0.05) is 0 Å². The third kappa shape index (κ3) is 10.4. The van der Waals surface area contributed by atoms with E-state index in [4.69, 9.17) is 56.9 Å². The zero-order chi connectivity index (χ0) is 47.2. The minimum absolute atomic E-state index is 0.237. The Kier molecular flexibility index (Phi) is 15.2. The van der Waals surface area contributed by atoms with Crippen molar-refractivity contribution in [3.8, 4) is 34.5 Å². The van der Waals surface area contributed by atoms with Gasteiger partial charge in [0.1, 0.15) is 38.8 Å². The summed E-state index contributed by atoms with van der Waals surface area (Å²) < 4.78 is 52.9. The van der Waals surface area contributed by atoms with Gasteiger partial charge >= 0.3 is 8.17 Å². The molecule has 0 spiro atoms. The van der Waals surface area contributed by atoms with Crippen LogP contribution >= 0.6 is 8.17 Å². The lowest BCUT2D eigenvalue weighted by Crippen LogP contribution is -2.24. The highest BCUT2D eigenvalue weighted by atomic mass is 31.2. The van der Waals surface area contributed by atoms with Crippen LogP contribution < -0.4 is 28.4 Å². The van der Waals surface area contributed by atoms with Crippen molar-refractivity contribution in [2.24, 2.45) is 17.8 Å². The lowest BCUT2D eigenvalue weighted by molar-refractivity contribution is 0.0384. The maximum Gasteiger partial charge on any atom is 0.572 e. The summed E-state index contributed by atoms with van der Waals surface area (Å²) in [4.78, 5) is 40.1. The van der Waals surface area contributed by atoms with E-state index >= 15 is 0 Å². The molecule has 0 amide bonds. The first-order chi connectivity index (χ1) is 33.2. The summed E-state index contributed by atoms with van der Waals surface area (Å²) >= 11 is 0. The topological polar surface area (TPSA) is 181 Å². The monoisotopic (exact) mass is 951 g/mol. The third-order valence-corrected chi connectivity index (χ3v) is 16.1. The molecule has 0 unspecified atom stereocenters. The van der Waals surface area contributed by atoms with E-state index in [1.165, 1.54) is 0 Å². The smallest absolute Gasteiger partial charge is 0.493 e. The van der Waals surface area contributed by atoms with Crippen LogP contribution in [0.4, 0.5) is 0 Å². The first kappa shape index (κ1) is 47.8. The number of hydrogen-bond donors (Lipinski definition) is 1. The number of nitrogens with zero attached hydrogens (tertiary/aromatic N) is 6. The molecule has 3 aromatic carbocycles. The fourth-order valence-corrected chi connectivity index (χ4v) is 12.1. The Morgan fingerprint density at radius 3 is 0.882 bits per heavy atom.